The van der Waals surface area contributed by atoms with E-state index in [1.807, 2.05) is 60.7 Å². The van der Waals surface area contributed by atoms with Crippen molar-refractivity contribution in [1.29, 1.82) is 0 Å². The molecular formula is C25H31NO6. The fraction of sp³-hybridized carbons (Fsp3) is 0.400. The monoisotopic (exact) mass is 441 g/mol. The zero-order valence-electron chi connectivity index (χ0n) is 18.3. The van der Waals surface area contributed by atoms with Gasteiger partial charge >= 0.3 is 0 Å². The summed E-state index contributed by atoms with van der Waals surface area (Å²) in [5, 5.41) is 13.9. The molecule has 1 aliphatic heterocycles. The van der Waals surface area contributed by atoms with Crippen molar-refractivity contribution < 1.29 is 28.8 Å². The molecule has 2 aromatic rings. The lowest BCUT2D eigenvalue weighted by Gasteiger charge is -2.44. The van der Waals surface area contributed by atoms with Gasteiger partial charge in [-0.3, -0.25) is 4.79 Å². The first-order chi connectivity index (χ1) is 15.6. The number of carbonyl (C=O) groups is 1. The van der Waals surface area contributed by atoms with Gasteiger partial charge in [0.05, 0.1) is 26.4 Å². The summed E-state index contributed by atoms with van der Waals surface area (Å²) in [6, 6.07) is 18.7. The second-order valence-electron chi connectivity index (χ2n) is 7.64. The number of amides is 1. The molecule has 5 unspecified atom stereocenters. The molecule has 1 amide bonds. The lowest BCUT2D eigenvalue weighted by atomic mass is 9.96. The molecular weight excluding hydrogens is 410 g/mol. The van der Waals surface area contributed by atoms with E-state index in [4.69, 9.17) is 18.9 Å². The van der Waals surface area contributed by atoms with Crippen LogP contribution in [0.1, 0.15) is 18.1 Å². The van der Waals surface area contributed by atoms with Gasteiger partial charge in [-0.1, -0.05) is 66.7 Å². The molecule has 0 aromatic heterocycles. The van der Waals surface area contributed by atoms with Crippen molar-refractivity contribution in [3.05, 3.63) is 84.4 Å². The highest BCUT2D eigenvalue weighted by molar-refractivity contribution is 5.73. The van der Waals surface area contributed by atoms with Gasteiger partial charge in [0, 0.05) is 6.92 Å². The molecule has 172 valence electrons. The molecule has 1 aliphatic rings. The summed E-state index contributed by atoms with van der Waals surface area (Å²) in [7, 11) is 0. The molecule has 0 radical (unpaired) electrons. The second kappa shape index (κ2) is 12.5. The number of carbonyl (C=O) groups excluding carboxylic acids is 1. The van der Waals surface area contributed by atoms with Crippen LogP contribution in [0.3, 0.4) is 0 Å². The third-order valence-electron chi connectivity index (χ3n) is 5.10. The van der Waals surface area contributed by atoms with E-state index in [-0.39, 0.29) is 25.7 Å². The van der Waals surface area contributed by atoms with Crippen molar-refractivity contribution in [2.75, 3.05) is 13.2 Å². The van der Waals surface area contributed by atoms with Crippen LogP contribution in [-0.2, 0) is 37.0 Å². The molecule has 7 heteroatoms. The predicted octanol–water partition coefficient (Wildman–Crippen LogP) is 2.58. The molecule has 0 saturated carbocycles. The first-order valence-electron chi connectivity index (χ1n) is 10.7. The van der Waals surface area contributed by atoms with Crippen molar-refractivity contribution in [2.45, 2.75) is 50.8 Å². The molecule has 32 heavy (non-hydrogen) atoms. The molecule has 1 saturated heterocycles. The summed E-state index contributed by atoms with van der Waals surface area (Å²) in [5.41, 5.74) is 1.97. The Labute approximate surface area is 188 Å². The Morgan fingerprint density at radius 1 is 1.06 bits per heavy atom. The Hall–Kier alpha value is -2.55. The molecule has 0 aliphatic carbocycles. The van der Waals surface area contributed by atoms with Crippen molar-refractivity contribution in [1.82, 2.24) is 5.32 Å². The molecule has 3 rings (SSSR count). The highest BCUT2D eigenvalue weighted by Crippen LogP contribution is 2.26. The van der Waals surface area contributed by atoms with E-state index >= 15 is 0 Å². The Bertz CT molecular complexity index is 831. The summed E-state index contributed by atoms with van der Waals surface area (Å²) in [5.74, 6) is -0.273. The van der Waals surface area contributed by atoms with E-state index in [0.29, 0.717) is 6.61 Å². The standard InChI is InChI=1S/C25H31NO6/c1-3-14-30-25-22(26-18(2)27)24(31-16-20-12-8-5-9-13-20)23(28)21(32-25)17-29-15-19-10-6-4-7-11-19/h3-13,21-25,28H,1,14-17H2,2H3,(H,26,27). The number of benzene rings is 2. The van der Waals surface area contributed by atoms with Crippen LogP contribution < -0.4 is 5.32 Å². The van der Waals surface area contributed by atoms with Crippen molar-refractivity contribution in [3.8, 4) is 0 Å². The summed E-state index contributed by atoms with van der Waals surface area (Å²) in [6.07, 6.45) is -1.71. The maximum Gasteiger partial charge on any atom is 0.217 e. The van der Waals surface area contributed by atoms with Gasteiger partial charge in [-0.2, -0.15) is 0 Å². The van der Waals surface area contributed by atoms with Gasteiger partial charge in [-0.15, -0.1) is 6.58 Å². The number of nitrogens with one attached hydrogen (secondary N) is 1. The van der Waals surface area contributed by atoms with Gasteiger partial charge in [0.2, 0.25) is 5.91 Å². The third kappa shape index (κ3) is 6.98. The smallest absolute Gasteiger partial charge is 0.217 e. The Morgan fingerprint density at radius 3 is 2.28 bits per heavy atom. The van der Waals surface area contributed by atoms with Crippen LogP contribution in [0.25, 0.3) is 0 Å². The lowest BCUT2D eigenvalue weighted by molar-refractivity contribution is -0.278. The van der Waals surface area contributed by atoms with Gasteiger partial charge in [-0.05, 0) is 11.1 Å². The van der Waals surface area contributed by atoms with Crippen molar-refractivity contribution in [2.24, 2.45) is 0 Å². The lowest BCUT2D eigenvalue weighted by Crippen LogP contribution is -2.65. The molecule has 7 nitrogen and oxygen atoms in total. The zero-order chi connectivity index (χ0) is 22.8. The van der Waals surface area contributed by atoms with Gasteiger partial charge in [0.1, 0.15) is 24.4 Å². The fourth-order valence-electron chi connectivity index (χ4n) is 3.58. The first-order valence-corrected chi connectivity index (χ1v) is 10.7. The summed E-state index contributed by atoms with van der Waals surface area (Å²) in [6.45, 7) is 6.09. The Balaban J connectivity index is 1.72. The van der Waals surface area contributed by atoms with E-state index in [2.05, 4.69) is 11.9 Å². The van der Waals surface area contributed by atoms with Crippen LogP contribution in [-0.4, -0.2) is 54.9 Å². The SMILES string of the molecule is C=CCOC1OC(COCc2ccccc2)C(O)C(OCc2ccccc2)C1NC(C)=O. The van der Waals surface area contributed by atoms with Crippen LogP contribution in [0.4, 0.5) is 0 Å². The number of aliphatic hydroxyl groups is 1. The molecule has 0 spiro atoms. The third-order valence-corrected chi connectivity index (χ3v) is 5.10. The van der Waals surface area contributed by atoms with E-state index in [0.717, 1.165) is 11.1 Å². The molecule has 2 aromatic carbocycles. The van der Waals surface area contributed by atoms with Crippen LogP contribution >= 0.6 is 0 Å². The largest absolute Gasteiger partial charge is 0.388 e. The Morgan fingerprint density at radius 2 is 1.69 bits per heavy atom. The van der Waals surface area contributed by atoms with Gasteiger partial charge < -0.3 is 29.4 Å². The number of ether oxygens (including phenoxy) is 4. The second-order valence-corrected chi connectivity index (χ2v) is 7.64. The summed E-state index contributed by atoms with van der Waals surface area (Å²) < 4.78 is 23.7. The highest BCUT2D eigenvalue weighted by Gasteiger charge is 2.47. The van der Waals surface area contributed by atoms with Gasteiger partial charge in [0.25, 0.3) is 0 Å². The minimum atomic E-state index is -1.03. The number of rotatable bonds is 11. The number of hydrogen-bond donors (Lipinski definition) is 2. The Kier molecular flexibility index (Phi) is 9.40. The van der Waals surface area contributed by atoms with E-state index < -0.39 is 30.6 Å². The van der Waals surface area contributed by atoms with E-state index in [9.17, 15) is 9.90 Å². The molecule has 1 heterocycles. The highest BCUT2D eigenvalue weighted by atomic mass is 16.7. The van der Waals surface area contributed by atoms with Crippen LogP contribution in [0.15, 0.2) is 73.3 Å². The normalized spacial score (nSPS) is 25.2. The topological polar surface area (TPSA) is 86.2 Å². The van der Waals surface area contributed by atoms with Crippen LogP contribution in [0, 0.1) is 0 Å². The van der Waals surface area contributed by atoms with Crippen molar-refractivity contribution >= 4 is 5.91 Å². The quantitative estimate of drug-likeness (QED) is 0.522. The summed E-state index contributed by atoms with van der Waals surface area (Å²) >= 11 is 0. The first kappa shape index (κ1) is 24.1. The van der Waals surface area contributed by atoms with E-state index in [1.165, 1.54) is 6.92 Å². The fourth-order valence-corrected chi connectivity index (χ4v) is 3.58. The minimum absolute atomic E-state index is 0.141. The minimum Gasteiger partial charge on any atom is -0.388 e. The number of aliphatic hydroxyl groups excluding tert-OH is 1. The maximum absolute atomic E-state index is 11.9. The van der Waals surface area contributed by atoms with Crippen LogP contribution in [0.5, 0.6) is 0 Å². The zero-order valence-corrected chi connectivity index (χ0v) is 18.3. The average Bonchev–Trinajstić information content (AvgIpc) is 2.80. The van der Waals surface area contributed by atoms with Crippen LogP contribution in [0.2, 0.25) is 0 Å². The predicted molar refractivity (Wildman–Crippen MR) is 120 cm³/mol. The number of hydrogen-bond acceptors (Lipinski definition) is 6. The van der Waals surface area contributed by atoms with E-state index in [1.54, 1.807) is 6.08 Å². The van der Waals surface area contributed by atoms with Gasteiger partial charge in [-0.25, -0.2) is 0 Å². The molecule has 5 atom stereocenters. The molecule has 2 N–H and O–H groups in total. The van der Waals surface area contributed by atoms with Gasteiger partial charge in [0.15, 0.2) is 6.29 Å². The molecule has 0 bridgehead atoms. The van der Waals surface area contributed by atoms with Crippen molar-refractivity contribution in [3.63, 3.8) is 0 Å². The molecule has 1 fully saturated rings. The maximum atomic E-state index is 11.9. The average molecular weight is 442 g/mol. The summed E-state index contributed by atoms with van der Waals surface area (Å²) in [4.78, 5) is 11.9.